The summed E-state index contributed by atoms with van der Waals surface area (Å²) in [6.07, 6.45) is 18.3. The van der Waals surface area contributed by atoms with Gasteiger partial charge in [0.1, 0.15) is 11.5 Å². The summed E-state index contributed by atoms with van der Waals surface area (Å²) in [4.78, 5) is 0. The van der Waals surface area contributed by atoms with Gasteiger partial charge in [-0.05, 0) is 30.5 Å². The molecule has 0 atom stereocenters. The first-order valence-electron chi connectivity index (χ1n) is 9.66. The molecule has 0 bridgehead atoms. The number of rotatable bonds is 14. The molecule has 1 rings (SSSR count). The molecule has 23 heavy (non-hydrogen) atoms. The molecule has 0 fully saturated rings. The number of phenols is 2. The molecule has 0 amide bonds. The minimum absolute atomic E-state index is 0.118. The summed E-state index contributed by atoms with van der Waals surface area (Å²) in [7, 11) is 0. The minimum Gasteiger partial charge on any atom is -0.508 e. The van der Waals surface area contributed by atoms with Crippen molar-refractivity contribution in [2.75, 3.05) is 0 Å². The Morgan fingerprint density at radius 1 is 0.739 bits per heavy atom. The van der Waals surface area contributed by atoms with E-state index in [1.165, 1.54) is 83.1 Å². The highest BCUT2D eigenvalue weighted by Crippen LogP contribution is 2.23. The summed E-state index contributed by atoms with van der Waals surface area (Å²) in [5, 5.41) is 19.1. The van der Waals surface area contributed by atoms with Crippen LogP contribution < -0.4 is 0 Å². The summed E-state index contributed by atoms with van der Waals surface area (Å²) in [6.45, 7) is 2.27. The molecule has 0 aliphatic rings. The third-order valence-electron chi connectivity index (χ3n) is 4.55. The molecule has 0 saturated heterocycles. The van der Waals surface area contributed by atoms with Crippen molar-refractivity contribution >= 4 is 0 Å². The molecule has 1 radical (unpaired) electrons. The van der Waals surface area contributed by atoms with Crippen LogP contribution in [0.15, 0.2) is 12.1 Å². The molecule has 0 aromatic heterocycles. The van der Waals surface area contributed by atoms with Gasteiger partial charge in [-0.3, -0.25) is 0 Å². The van der Waals surface area contributed by atoms with Crippen LogP contribution in [-0.4, -0.2) is 10.2 Å². The van der Waals surface area contributed by atoms with Crippen LogP contribution in [0.25, 0.3) is 0 Å². The fourth-order valence-electron chi connectivity index (χ4n) is 3.05. The summed E-state index contributed by atoms with van der Waals surface area (Å²) in [5.74, 6) is 0.370. The zero-order chi connectivity index (χ0) is 16.8. The fraction of sp³-hybridized carbons (Fsp3) is 0.714. The zero-order valence-corrected chi connectivity index (χ0v) is 14.9. The normalized spacial score (nSPS) is 11.0. The molecule has 0 saturated carbocycles. The summed E-state index contributed by atoms with van der Waals surface area (Å²) in [5.41, 5.74) is 0.837. The monoisotopic (exact) mass is 319 g/mol. The van der Waals surface area contributed by atoms with Gasteiger partial charge in [0.2, 0.25) is 0 Å². The number of phenolic OH excluding ortho intramolecular Hbond substituents is 2. The lowest BCUT2D eigenvalue weighted by Crippen LogP contribution is -1.88. The molecular formula is C21H35O2. The van der Waals surface area contributed by atoms with Crippen molar-refractivity contribution in [1.29, 1.82) is 0 Å². The van der Waals surface area contributed by atoms with E-state index in [1.54, 1.807) is 6.07 Å². The molecule has 0 aliphatic carbocycles. The van der Waals surface area contributed by atoms with Gasteiger partial charge in [-0.1, -0.05) is 84.0 Å². The van der Waals surface area contributed by atoms with Gasteiger partial charge in [-0.15, -0.1) is 0 Å². The van der Waals surface area contributed by atoms with Gasteiger partial charge in [-0.2, -0.15) is 0 Å². The van der Waals surface area contributed by atoms with Crippen molar-refractivity contribution < 1.29 is 10.2 Å². The van der Waals surface area contributed by atoms with Gasteiger partial charge < -0.3 is 10.2 Å². The topological polar surface area (TPSA) is 40.5 Å². The lowest BCUT2D eigenvalue weighted by atomic mass is 10.0. The predicted molar refractivity (Wildman–Crippen MR) is 98.0 cm³/mol. The number of unbranched alkanes of at least 4 members (excludes halogenated alkanes) is 12. The molecule has 1 aromatic rings. The zero-order valence-electron chi connectivity index (χ0n) is 14.9. The Kier molecular flexibility index (Phi) is 11.5. The van der Waals surface area contributed by atoms with Crippen LogP contribution in [0.1, 0.15) is 96.0 Å². The van der Waals surface area contributed by atoms with E-state index < -0.39 is 0 Å². The second kappa shape index (κ2) is 13.3. The standard InChI is InChI=1S/C21H35O2/c1-2-3-4-5-6-7-8-9-10-11-12-13-14-15-19-18-20(22)16-17-21(19)23/h17-18,22-23H,2-15H2,1H3. The Morgan fingerprint density at radius 2 is 1.22 bits per heavy atom. The van der Waals surface area contributed by atoms with Gasteiger partial charge >= 0.3 is 0 Å². The SMILES string of the molecule is CCCCCCCCCCCCCCCc1cc(O)[c]cc1O. The van der Waals surface area contributed by atoms with Crippen molar-refractivity contribution in [1.82, 2.24) is 0 Å². The van der Waals surface area contributed by atoms with Crippen LogP contribution in [-0.2, 0) is 6.42 Å². The van der Waals surface area contributed by atoms with E-state index in [9.17, 15) is 10.2 Å². The van der Waals surface area contributed by atoms with Crippen molar-refractivity contribution in [3.05, 3.63) is 23.8 Å². The molecule has 2 N–H and O–H groups in total. The predicted octanol–water partition coefficient (Wildman–Crippen LogP) is 6.53. The summed E-state index contributed by atoms with van der Waals surface area (Å²) in [6, 6.07) is 5.67. The maximum absolute atomic E-state index is 9.68. The first kappa shape index (κ1) is 19.9. The minimum atomic E-state index is 0.118. The summed E-state index contributed by atoms with van der Waals surface area (Å²) < 4.78 is 0. The molecule has 2 heteroatoms. The third kappa shape index (κ3) is 10.3. The average molecular weight is 320 g/mol. The van der Waals surface area contributed by atoms with Gasteiger partial charge in [-0.25, -0.2) is 0 Å². The van der Waals surface area contributed by atoms with Crippen LogP contribution in [0.4, 0.5) is 0 Å². The van der Waals surface area contributed by atoms with Gasteiger partial charge in [0.25, 0.3) is 0 Å². The van der Waals surface area contributed by atoms with Crippen LogP contribution in [0, 0.1) is 6.07 Å². The molecule has 0 aliphatic heterocycles. The number of hydrogen-bond donors (Lipinski definition) is 2. The Bertz CT molecular complexity index is 401. The van der Waals surface area contributed by atoms with E-state index in [4.69, 9.17) is 0 Å². The number of aryl methyl sites for hydroxylation is 1. The van der Waals surface area contributed by atoms with E-state index >= 15 is 0 Å². The van der Waals surface area contributed by atoms with E-state index in [-0.39, 0.29) is 11.5 Å². The molecule has 1 aromatic carbocycles. The van der Waals surface area contributed by atoms with E-state index in [0.717, 1.165) is 18.4 Å². The Hall–Kier alpha value is -1.18. The number of aromatic hydroxyl groups is 2. The van der Waals surface area contributed by atoms with Gasteiger partial charge in [0.15, 0.2) is 0 Å². The lowest BCUT2D eigenvalue weighted by molar-refractivity contribution is 0.451. The van der Waals surface area contributed by atoms with E-state index in [0.29, 0.717) is 0 Å². The van der Waals surface area contributed by atoms with Crippen molar-refractivity contribution in [2.24, 2.45) is 0 Å². The lowest BCUT2D eigenvalue weighted by Gasteiger charge is -2.05. The number of benzene rings is 1. The maximum Gasteiger partial charge on any atom is 0.124 e. The molecule has 0 heterocycles. The Balaban J connectivity index is 1.87. The van der Waals surface area contributed by atoms with Gasteiger partial charge in [0, 0.05) is 6.07 Å². The maximum atomic E-state index is 9.68. The molecule has 0 spiro atoms. The van der Waals surface area contributed by atoms with Crippen LogP contribution in [0.5, 0.6) is 11.5 Å². The highest BCUT2D eigenvalue weighted by atomic mass is 16.3. The van der Waals surface area contributed by atoms with Crippen molar-refractivity contribution in [3.8, 4) is 11.5 Å². The van der Waals surface area contributed by atoms with E-state index in [1.807, 2.05) is 0 Å². The quantitative estimate of drug-likeness (QED) is 0.302. The first-order chi connectivity index (χ1) is 11.2. The molecule has 0 unspecified atom stereocenters. The van der Waals surface area contributed by atoms with Gasteiger partial charge in [0.05, 0.1) is 0 Å². The number of hydrogen-bond acceptors (Lipinski definition) is 2. The average Bonchev–Trinajstić information content (AvgIpc) is 2.55. The highest BCUT2D eigenvalue weighted by Gasteiger charge is 2.02. The van der Waals surface area contributed by atoms with Crippen LogP contribution >= 0.6 is 0 Å². The van der Waals surface area contributed by atoms with Crippen LogP contribution in [0.2, 0.25) is 0 Å². The molecule has 2 nitrogen and oxygen atoms in total. The highest BCUT2D eigenvalue weighted by molar-refractivity contribution is 5.37. The second-order valence-electron chi connectivity index (χ2n) is 6.72. The first-order valence-corrected chi connectivity index (χ1v) is 9.66. The van der Waals surface area contributed by atoms with E-state index in [2.05, 4.69) is 13.0 Å². The summed E-state index contributed by atoms with van der Waals surface area (Å²) >= 11 is 0. The molecule has 131 valence electrons. The Morgan fingerprint density at radius 3 is 1.74 bits per heavy atom. The molecular weight excluding hydrogens is 284 g/mol. The van der Waals surface area contributed by atoms with Crippen LogP contribution in [0.3, 0.4) is 0 Å². The van der Waals surface area contributed by atoms with Crippen molar-refractivity contribution in [2.45, 2.75) is 96.8 Å². The smallest absolute Gasteiger partial charge is 0.124 e. The third-order valence-corrected chi connectivity index (χ3v) is 4.55. The largest absolute Gasteiger partial charge is 0.508 e. The van der Waals surface area contributed by atoms with Crippen molar-refractivity contribution in [3.63, 3.8) is 0 Å². The second-order valence-corrected chi connectivity index (χ2v) is 6.72. The Labute approximate surface area is 142 Å². The fourth-order valence-corrected chi connectivity index (χ4v) is 3.05.